The first-order chi connectivity index (χ1) is 11.8. The standard InChI is InChI=1S/C17H18F3N3O2/c1-11-21-16(22-25-11)12-6-8-23(9-7-12)15(24)10-13-4-2-3-5-14(13)17(18,19)20/h2-5,12H,6-10H2,1H3. The van der Waals surface area contributed by atoms with Crippen molar-refractivity contribution in [2.75, 3.05) is 13.1 Å². The average molecular weight is 353 g/mol. The first-order valence-electron chi connectivity index (χ1n) is 8.07. The largest absolute Gasteiger partial charge is 0.416 e. The van der Waals surface area contributed by atoms with Gasteiger partial charge in [-0.1, -0.05) is 23.4 Å². The molecule has 3 rings (SSSR count). The number of aryl methyl sites for hydroxylation is 1. The molecule has 2 heterocycles. The van der Waals surface area contributed by atoms with Crippen LogP contribution in [0.1, 0.15) is 41.6 Å². The van der Waals surface area contributed by atoms with Crippen molar-refractivity contribution in [1.29, 1.82) is 0 Å². The number of halogens is 3. The van der Waals surface area contributed by atoms with Crippen LogP contribution in [0.15, 0.2) is 28.8 Å². The van der Waals surface area contributed by atoms with E-state index in [4.69, 9.17) is 4.52 Å². The summed E-state index contributed by atoms with van der Waals surface area (Å²) in [4.78, 5) is 18.2. The molecule has 0 N–H and O–H groups in total. The first-order valence-corrected chi connectivity index (χ1v) is 8.07. The van der Waals surface area contributed by atoms with Gasteiger partial charge in [0.2, 0.25) is 11.8 Å². The number of piperidine rings is 1. The summed E-state index contributed by atoms with van der Waals surface area (Å²) in [5, 5.41) is 3.90. The number of hydrogen-bond acceptors (Lipinski definition) is 4. The molecule has 1 amide bonds. The Balaban J connectivity index is 1.62. The lowest BCUT2D eigenvalue weighted by atomic mass is 9.95. The molecule has 0 unspecified atom stereocenters. The van der Waals surface area contributed by atoms with Gasteiger partial charge in [0.1, 0.15) is 0 Å². The third-order valence-electron chi connectivity index (χ3n) is 4.42. The van der Waals surface area contributed by atoms with Crippen molar-refractivity contribution >= 4 is 5.91 Å². The number of nitrogens with zero attached hydrogens (tertiary/aromatic N) is 3. The molecule has 25 heavy (non-hydrogen) atoms. The van der Waals surface area contributed by atoms with Crippen molar-refractivity contribution < 1.29 is 22.5 Å². The number of carbonyl (C=O) groups is 1. The fourth-order valence-corrected chi connectivity index (χ4v) is 3.09. The maximum atomic E-state index is 13.0. The molecule has 5 nitrogen and oxygen atoms in total. The summed E-state index contributed by atoms with van der Waals surface area (Å²) < 4.78 is 44.1. The zero-order chi connectivity index (χ0) is 18.0. The van der Waals surface area contributed by atoms with Gasteiger partial charge < -0.3 is 9.42 Å². The van der Waals surface area contributed by atoms with E-state index in [0.717, 1.165) is 6.07 Å². The fourth-order valence-electron chi connectivity index (χ4n) is 3.09. The van der Waals surface area contributed by atoms with Crippen LogP contribution in [-0.4, -0.2) is 34.0 Å². The number of likely N-dealkylation sites (tertiary alicyclic amines) is 1. The minimum atomic E-state index is -4.46. The minimum Gasteiger partial charge on any atom is -0.342 e. The monoisotopic (exact) mass is 353 g/mol. The van der Waals surface area contributed by atoms with Gasteiger partial charge in [-0.05, 0) is 24.5 Å². The van der Waals surface area contributed by atoms with Crippen molar-refractivity contribution in [2.45, 2.75) is 38.3 Å². The molecular formula is C17H18F3N3O2. The van der Waals surface area contributed by atoms with Gasteiger partial charge in [0.05, 0.1) is 12.0 Å². The average Bonchev–Trinajstić information content (AvgIpc) is 3.01. The van der Waals surface area contributed by atoms with E-state index in [1.165, 1.54) is 18.2 Å². The van der Waals surface area contributed by atoms with E-state index in [9.17, 15) is 18.0 Å². The second kappa shape index (κ2) is 6.85. The van der Waals surface area contributed by atoms with Crippen LogP contribution >= 0.6 is 0 Å². The van der Waals surface area contributed by atoms with Gasteiger partial charge in [-0.3, -0.25) is 4.79 Å². The second-order valence-corrected chi connectivity index (χ2v) is 6.16. The maximum absolute atomic E-state index is 13.0. The van der Waals surface area contributed by atoms with Crippen LogP contribution < -0.4 is 0 Å². The van der Waals surface area contributed by atoms with E-state index in [1.54, 1.807) is 11.8 Å². The quantitative estimate of drug-likeness (QED) is 0.849. The zero-order valence-electron chi connectivity index (χ0n) is 13.7. The van der Waals surface area contributed by atoms with Gasteiger partial charge in [-0.15, -0.1) is 0 Å². The maximum Gasteiger partial charge on any atom is 0.416 e. The van der Waals surface area contributed by atoms with Crippen molar-refractivity contribution in [3.63, 3.8) is 0 Å². The van der Waals surface area contributed by atoms with Gasteiger partial charge in [0.15, 0.2) is 5.82 Å². The van der Waals surface area contributed by atoms with Crippen LogP contribution in [0.4, 0.5) is 13.2 Å². The molecule has 1 aromatic heterocycles. The molecule has 0 saturated carbocycles. The molecule has 8 heteroatoms. The van der Waals surface area contributed by atoms with Crippen LogP contribution in [0.3, 0.4) is 0 Å². The third kappa shape index (κ3) is 4.00. The van der Waals surface area contributed by atoms with E-state index < -0.39 is 11.7 Å². The van der Waals surface area contributed by atoms with Gasteiger partial charge in [-0.25, -0.2) is 0 Å². The number of alkyl halides is 3. The summed E-state index contributed by atoms with van der Waals surface area (Å²) in [6.45, 7) is 2.67. The Hall–Kier alpha value is -2.38. The number of benzene rings is 1. The molecule has 1 fully saturated rings. The molecule has 0 atom stereocenters. The molecule has 0 radical (unpaired) electrons. The lowest BCUT2D eigenvalue weighted by molar-refractivity contribution is -0.138. The molecule has 1 aliphatic heterocycles. The van der Waals surface area contributed by atoms with Crippen LogP contribution in [-0.2, 0) is 17.4 Å². The predicted octanol–water partition coefficient (Wildman–Crippen LogP) is 3.35. The van der Waals surface area contributed by atoms with Crippen molar-refractivity contribution in [3.8, 4) is 0 Å². The zero-order valence-corrected chi connectivity index (χ0v) is 13.7. The molecule has 0 bridgehead atoms. The number of aromatic nitrogens is 2. The van der Waals surface area contributed by atoms with Gasteiger partial charge in [0.25, 0.3) is 0 Å². The molecule has 134 valence electrons. The summed E-state index contributed by atoms with van der Waals surface area (Å²) >= 11 is 0. The summed E-state index contributed by atoms with van der Waals surface area (Å²) in [5.41, 5.74) is -0.739. The number of rotatable bonds is 3. The second-order valence-electron chi connectivity index (χ2n) is 6.16. The van der Waals surface area contributed by atoms with E-state index >= 15 is 0 Å². The molecule has 0 spiro atoms. The highest BCUT2D eigenvalue weighted by Gasteiger charge is 2.34. The summed E-state index contributed by atoms with van der Waals surface area (Å²) in [6.07, 6.45) is -3.36. The molecule has 1 aliphatic rings. The summed E-state index contributed by atoms with van der Waals surface area (Å²) in [6, 6.07) is 5.21. The van der Waals surface area contributed by atoms with E-state index in [2.05, 4.69) is 10.1 Å². The third-order valence-corrected chi connectivity index (χ3v) is 4.42. The SMILES string of the molecule is Cc1nc(C2CCN(C(=O)Cc3ccccc3C(F)(F)F)CC2)no1. The summed E-state index contributed by atoms with van der Waals surface area (Å²) in [7, 11) is 0. The minimum absolute atomic E-state index is 0.0101. The predicted molar refractivity (Wildman–Crippen MR) is 82.7 cm³/mol. The van der Waals surface area contributed by atoms with Crippen LogP contribution in [0.5, 0.6) is 0 Å². The highest BCUT2D eigenvalue weighted by atomic mass is 19.4. The lowest BCUT2D eigenvalue weighted by Crippen LogP contribution is -2.39. The van der Waals surface area contributed by atoms with Gasteiger partial charge >= 0.3 is 6.18 Å². The van der Waals surface area contributed by atoms with E-state index in [0.29, 0.717) is 37.6 Å². The highest BCUT2D eigenvalue weighted by Crippen LogP contribution is 2.32. The van der Waals surface area contributed by atoms with Crippen molar-refractivity contribution in [3.05, 3.63) is 47.1 Å². The molecule has 1 saturated heterocycles. The Kier molecular flexibility index (Phi) is 4.78. The Morgan fingerprint density at radius 3 is 2.56 bits per heavy atom. The fraction of sp³-hybridized carbons (Fsp3) is 0.471. The number of carbonyl (C=O) groups excluding carboxylic acids is 1. The Bertz CT molecular complexity index is 750. The lowest BCUT2D eigenvalue weighted by Gasteiger charge is -2.31. The Morgan fingerprint density at radius 2 is 1.96 bits per heavy atom. The van der Waals surface area contributed by atoms with Crippen LogP contribution in [0, 0.1) is 6.92 Å². The number of hydrogen-bond donors (Lipinski definition) is 0. The number of amides is 1. The molecule has 0 aliphatic carbocycles. The summed E-state index contributed by atoms with van der Waals surface area (Å²) in [5.74, 6) is 0.952. The van der Waals surface area contributed by atoms with Crippen molar-refractivity contribution in [1.82, 2.24) is 15.0 Å². The normalized spacial score (nSPS) is 16.2. The smallest absolute Gasteiger partial charge is 0.342 e. The first kappa shape index (κ1) is 17.4. The highest BCUT2D eigenvalue weighted by molar-refractivity contribution is 5.79. The van der Waals surface area contributed by atoms with Gasteiger partial charge in [0, 0.05) is 25.9 Å². The molecule has 1 aromatic carbocycles. The topological polar surface area (TPSA) is 59.2 Å². The van der Waals surface area contributed by atoms with Gasteiger partial charge in [-0.2, -0.15) is 18.2 Å². The van der Waals surface area contributed by atoms with E-state index in [-0.39, 0.29) is 23.8 Å². The molecule has 2 aromatic rings. The molecular weight excluding hydrogens is 335 g/mol. The Labute approximate surface area is 142 Å². The van der Waals surface area contributed by atoms with Crippen LogP contribution in [0.25, 0.3) is 0 Å². The Morgan fingerprint density at radius 1 is 1.28 bits per heavy atom. The van der Waals surface area contributed by atoms with Crippen LogP contribution in [0.2, 0.25) is 0 Å². The van der Waals surface area contributed by atoms with E-state index in [1.807, 2.05) is 0 Å². The van der Waals surface area contributed by atoms with Crippen molar-refractivity contribution in [2.24, 2.45) is 0 Å².